The first kappa shape index (κ1) is 16.6. The van der Waals surface area contributed by atoms with Gasteiger partial charge in [-0.2, -0.15) is 0 Å². The highest BCUT2D eigenvalue weighted by molar-refractivity contribution is 7.10. The van der Waals surface area contributed by atoms with Crippen LogP contribution >= 0.6 is 11.3 Å². The molecule has 22 heavy (non-hydrogen) atoms. The van der Waals surface area contributed by atoms with Crippen molar-refractivity contribution in [3.05, 3.63) is 52.2 Å². The Balaban J connectivity index is 1.95. The molecule has 0 aliphatic rings. The number of nitrogens with one attached hydrogen (secondary N) is 2. The van der Waals surface area contributed by atoms with Crippen LogP contribution in [0.5, 0.6) is 0 Å². The van der Waals surface area contributed by atoms with E-state index in [0.29, 0.717) is 0 Å². The van der Waals surface area contributed by atoms with Gasteiger partial charge in [0.15, 0.2) is 0 Å². The quantitative estimate of drug-likeness (QED) is 0.862. The fraction of sp³-hybridized carbons (Fsp3) is 0.389. The minimum absolute atomic E-state index is 0.00427. The molecular formula is C18H24N2OS. The number of amides is 1. The van der Waals surface area contributed by atoms with Crippen LogP contribution in [0.2, 0.25) is 0 Å². The molecule has 1 amide bonds. The van der Waals surface area contributed by atoms with E-state index in [1.54, 1.807) is 11.3 Å². The van der Waals surface area contributed by atoms with Crippen molar-refractivity contribution in [3.8, 4) is 0 Å². The van der Waals surface area contributed by atoms with Gasteiger partial charge in [0.2, 0.25) is 5.91 Å². The van der Waals surface area contributed by atoms with E-state index >= 15 is 0 Å². The predicted octanol–water partition coefficient (Wildman–Crippen LogP) is 4.33. The fourth-order valence-electron chi connectivity index (χ4n) is 2.37. The maximum absolute atomic E-state index is 12.1. The van der Waals surface area contributed by atoms with Gasteiger partial charge < -0.3 is 10.6 Å². The van der Waals surface area contributed by atoms with Crippen molar-refractivity contribution in [2.75, 3.05) is 11.9 Å². The smallest absolute Gasteiger partial charge is 0.239 e. The summed E-state index contributed by atoms with van der Waals surface area (Å²) in [5.41, 5.74) is 2.28. The molecule has 0 radical (unpaired) electrons. The normalized spacial score (nSPS) is 12.7. The summed E-state index contributed by atoms with van der Waals surface area (Å²) in [6.45, 7) is 8.81. The van der Waals surface area contributed by atoms with Crippen LogP contribution in [0.3, 0.4) is 0 Å². The van der Waals surface area contributed by atoms with Crippen LogP contribution in [0.15, 0.2) is 41.8 Å². The molecule has 0 bridgehead atoms. The van der Waals surface area contributed by atoms with Gasteiger partial charge in [0.05, 0.1) is 12.6 Å². The third kappa shape index (κ3) is 4.34. The Labute approximate surface area is 136 Å². The number of hydrogen-bond acceptors (Lipinski definition) is 3. The molecule has 0 spiro atoms. The van der Waals surface area contributed by atoms with Crippen molar-refractivity contribution in [1.29, 1.82) is 0 Å². The van der Waals surface area contributed by atoms with Gasteiger partial charge in [0.1, 0.15) is 0 Å². The van der Waals surface area contributed by atoms with Crippen molar-refractivity contribution in [2.24, 2.45) is 0 Å². The number of anilines is 1. The molecule has 0 aliphatic heterocycles. The van der Waals surface area contributed by atoms with E-state index in [4.69, 9.17) is 0 Å². The van der Waals surface area contributed by atoms with Crippen LogP contribution in [0.1, 0.15) is 44.2 Å². The minimum atomic E-state index is 0.00427. The van der Waals surface area contributed by atoms with Crippen LogP contribution in [-0.4, -0.2) is 12.5 Å². The SMILES string of the molecule is CC(NC(=O)CNc1ccccc1C(C)(C)C)c1cccs1. The Hall–Kier alpha value is -1.81. The fourth-order valence-corrected chi connectivity index (χ4v) is 3.10. The molecule has 4 heteroatoms. The Kier molecular flexibility index (Phi) is 5.24. The maximum Gasteiger partial charge on any atom is 0.239 e. The molecule has 2 aromatic rings. The van der Waals surface area contributed by atoms with Gasteiger partial charge in [-0.05, 0) is 35.4 Å². The van der Waals surface area contributed by atoms with E-state index in [9.17, 15) is 4.79 Å². The van der Waals surface area contributed by atoms with E-state index < -0.39 is 0 Å². The largest absolute Gasteiger partial charge is 0.376 e. The average Bonchev–Trinajstić information content (AvgIpc) is 2.98. The van der Waals surface area contributed by atoms with Crippen LogP contribution in [-0.2, 0) is 10.2 Å². The molecule has 118 valence electrons. The number of carbonyl (C=O) groups is 1. The molecule has 0 saturated heterocycles. The lowest BCUT2D eigenvalue weighted by Gasteiger charge is -2.23. The highest BCUT2D eigenvalue weighted by atomic mass is 32.1. The zero-order chi connectivity index (χ0) is 16.2. The molecule has 1 heterocycles. The van der Waals surface area contributed by atoms with Crippen molar-refractivity contribution < 1.29 is 4.79 Å². The third-order valence-electron chi connectivity index (χ3n) is 3.52. The van der Waals surface area contributed by atoms with E-state index in [-0.39, 0.29) is 23.9 Å². The number of carbonyl (C=O) groups excluding carboxylic acids is 1. The Morgan fingerprint density at radius 1 is 1.18 bits per heavy atom. The van der Waals surface area contributed by atoms with Crippen LogP contribution in [0.4, 0.5) is 5.69 Å². The number of benzene rings is 1. The number of hydrogen-bond donors (Lipinski definition) is 2. The van der Waals surface area contributed by atoms with E-state index in [0.717, 1.165) is 5.69 Å². The highest BCUT2D eigenvalue weighted by Gasteiger charge is 2.18. The molecule has 3 nitrogen and oxygen atoms in total. The number of rotatable bonds is 5. The van der Waals surface area contributed by atoms with Gasteiger partial charge >= 0.3 is 0 Å². The average molecular weight is 316 g/mol. The summed E-state index contributed by atoms with van der Waals surface area (Å²) >= 11 is 1.66. The van der Waals surface area contributed by atoms with Gasteiger partial charge in [-0.15, -0.1) is 11.3 Å². The van der Waals surface area contributed by atoms with Crippen molar-refractivity contribution in [1.82, 2.24) is 5.32 Å². The Morgan fingerprint density at radius 2 is 1.91 bits per heavy atom. The number of thiophene rings is 1. The second-order valence-electron chi connectivity index (χ2n) is 6.45. The molecule has 1 atom stereocenters. The summed E-state index contributed by atoms with van der Waals surface area (Å²) in [5, 5.41) is 8.30. The van der Waals surface area contributed by atoms with Gasteiger partial charge in [0.25, 0.3) is 0 Å². The maximum atomic E-state index is 12.1. The summed E-state index contributed by atoms with van der Waals surface area (Å²) in [6.07, 6.45) is 0. The Bertz CT molecular complexity index is 614. The molecule has 0 aliphatic carbocycles. The molecule has 0 fully saturated rings. The van der Waals surface area contributed by atoms with Crippen molar-refractivity contribution in [2.45, 2.75) is 39.2 Å². The zero-order valence-electron chi connectivity index (χ0n) is 13.6. The summed E-state index contributed by atoms with van der Waals surface area (Å²) in [4.78, 5) is 13.3. The van der Waals surface area contributed by atoms with E-state index in [1.165, 1.54) is 10.4 Å². The summed E-state index contributed by atoms with van der Waals surface area (Å²) < 4.78 is 0. The predicted molar refractivity (Wildman–Crippen MR) is 94.5 cm³/mol. The first-order valence-corrected chi connectivity index (χ1v) is 8.42. The first-order chi connectivity index (χ1) is 10.4. The molecular weight excluding hydrogens is 292 g/mol. The second kappa shape index (κ2) is 6.97. The Morgan fingerprint density at radius 3 is 2.55 bits per heavy atom. The molecule has 2 N–H and O–H groups in total. The molecule has 1 aromatic heterocycles. The van der Waals surface area contributed by atoms with Gasteiger partial charge in [-0.25, -0.2) is 0 Å². The van der Waals surface area contributed by atoms with E-state index in [2.05, 4.69) is 37.5 Å². The lowest BCUT2D eigenvalue weighted by Crippen LogP contribution is -2.32. The minimum Gasteiger partial charge on any atom is -0.376 e. The third-order valence-corrected chi connectivity index (χ3v) is 4.58. The lowest BCUT2D eigenvalue weighted by molar-refractivity contribution is -0.120. The van der Waals surface area contributed by atoms with Crippen LogP contribution < -0.4 is 10.6 Å². The highest BCUT2D eigenvalue weighted by Crippen LogP contribution is 2.29. The summed E-state index contributed by atoms with van der Waals surface area (Å²) in [5.74, 6) is 0.00427. The molecule has 1 unspecified atom stereocenters. The molecule has 1 aromatic carbocycles. The van der Waals surface area contributed by atoms with Crippen LogP contribution in [0, 0.1) is 0 Å². The zero-order valence-corrected chi connectivity index (χ0v) is 14.5. The van der Waals surface area contributed by atoms with Gasteiger partial charge in [0, 0.05) is 10.6 Å². The molecule has 2 rings (SSSR count). The lowest BCUT2D eigenvalue weighted by atomic mass is 9.86. The van der Waals surface area contributed by atoms with Crippen molar-refractivity contribution >= 4 is 22.9 Å². The van der Waals surface area contributed by atoms with Gasteiger partial charge in [-0.3, -0.25) is 4.79 Å². The second-order valence-corrected chi connectivity index (χ2v) is 7.43. The van der Waals surface area contributed by atoms with Gasteiger partial charge in [-0.1, -0.05) is 45.0 Å². The number of para-hydroxylation sites is 1. The topological polar surface area (TPSA) is 41.1 Å². The van der Waals surface area contributed by atoms with Crippen LogP contribution in [0.25, 0.3) is 0 Å². The van der Waals surface area contributed by atoms with E-state index in [1.807, 2.05) is 42.6 Å². The standard InChI is InChI=1S/C18H24N2OS/c1-13(16-10-7-11-22-16)20-17(21)12-19-15-9-6-5-8-14(15)18(2,3)4/h5-11,13,19H,12H2,1-4H3,(H,20,21). The monoisotopic (exact) mass is 316 g/mol. The summed E-state index contributed by atoms with van der Waals surface area (Å²) in [6, 6.07) is 12.2. The first-order valence-electron chi connectivity index (χ1n) is 7.54. The molecule has 0 saturated carbocycles. The summed E-state index contributed by atoms with van der Waals surface area (Å²) in [7, 11) is 0. The van der Waals surface area contributed by atoms with Crippen molar-refractivity contribution in [3.63, 3.8) is 0 Å².